The van der Waals surface area contributed by atoms with Crippen LogP contribution in [0.25, 0.3) is 0 Å². The van der Waals surface area contributed by atoms with E-state index in [0.29, 0.717) is 11.7 Å². The first-order chi connectivity index (χ1) is 13.9. The van der Waals surface area contributed by atoms with Crippen molar-refractivity contribution in [1.29, 1.82) is 0 Å². The van der Waals surface area contributed by atoms with Crippen molar-refractivity contribution in [3.05, 3.63) is 71.1 Å². The molecule has 2 heterocycles. The Balaban J connectivity index is 1.65. The minimum Gasteiger partial charge on any atom is -0.504 e. The van der Waals surface area contributed by atoms with E-state index in [4.69, 9.17) is 9.15 Å². The van der Waals surface area contributed by atoms with E-state index in [2.05, 4.69) is 39.0 Å². The number of cyclic esters (lactones) is 1. The number of allylic oxidation sites excluding steroid dienone is 5. The van der Waals surface area contributed by atoms with Gasteiger partial charge in [0.25, 0.3) is 0 Å². The summed E-state index contributed by atoms with van der Waals surface area (Å²) in [5.74, 6) is 0.626. The summed E-state index contributed by atoms with van der Waals surface area (Å²) >= 11 is 0. The minimum absolute atomic E-state index is 0.0260. The van der Waals surface area contributed by atoms with Crippen molar-refractivity contribution in [2.75, 3.05) is 0 Å². The molecule has 0 saturated carbocycles. The third kappa shape index (κ3) is 7.80. The van der Waals surface area contributed by atoms with Crippen molar-refractivity contribution in [2.45, 2.75) is 66.2 Å². The monoisotopic (exact) mass is 398 g/mol. The number of rotatable bonds is 11. The predicted molar refractivity (Wildman–Crippen MR) is 116 cm³/mol. The molecular weight excluding hydrogens is 364 g/mol. The summed E-state index contributed by atoms with van der Waals surface area (Å²) < 4.78 is 10.2. The third-order valence-corrected chi connectivity index (χ3v) is 5.29. The zero-order valence-electron chi connectivity index (χ0n) is 18.1. The summed E-state index contributed by atoms with van der Waals surface area (Å²) in [6.07, 6.45) is 18.5. The second kappa shape index (κ2) is 11.5. The number of ether oxygens (including phenoxy) is 1. The van der Waals surface area contributed by atoms with Gasteiger partial charge in [0.2, 0.25) is 0 Å². The number of aryl methyl sites for hydroxylation is 1. The molecule has 0 saturated heterocycles. The maximum absolute atomic E-state index is 11.4. The highest BCUT2D eigenvalue weighted by Crippen LogP contribution is 2.26. The van der Waals surface area contributed by atoms with Gasteiger partial charge >= 0.3 is 5.97 Å². The van der Waals surface area contributed by atoms with Gasteiger partial charge in [0.05, 0.1) is 18.1 Å². The minimum atomic E-state index is -0.456. The number of aliphatic hydroxyl groups excluding tert-OH is 1. The molecule has 1 aliphatic rings. The van der Waals surface area contributed by atoms with Crippen LogP contribution in [-0.2, 0) is 16.0 Å². The fourth-order valence-corrected chi connectivity index (χ4v) is 3.32. The lowest BCUT2D eigenvalue weighted by molar-refractivity contribution is -0.133. The van der Waals surface area contributed by atoms with Crippen molar-refractivity contribution < 1.29 is 19.1 Å². The normalized spacial score (nSPS) is 18.7. The number of hydrogen-bond donors (Lipinski definition) is 1. The number of aliphatic hydroxyl groups is 1. The van der Waals surface area contributed by atoms with Gasteiger partial charge in [0, 0.05) is 0 Å². The van der Waals surface area contributed by atoms with Crippen molar-refractivity contribution in [1.82, 2.24) is 0 Å². The van der Waals surface area contributed by atoms with Gasteiger partial charge in [-0.15, -0.1) is 0 Å². The van der Waals surface area contributed by atoms with Gasteiger partial charge in [0.15, 0.2) is 11.5 Å². The summed E-state index contributed by atoms with van der Waals surface area (Å²) in [4.78, 5) is 11.4. The lowest BCUT2D eigenvalue weighted by Gasteiger charge is -2.08. The average molecular weight is 399 g/mol. The molecule has 1 aliphatic heterocycles. The fourth-order valence-electron chi connectivity index (χ4n) is 3.32. The Bertz CT molecular complexity index is 778. The van der Waals surface area contributed by atoms with E-state index in [0.717, 1.165) is 25.7 Å². The molecule has 158 valence electrons. The molecule has 0 aliphatic carbocycles. The largest absolute Gasteiger partial charge is 0.504 e. The van der Waals surface area contributed by atoms with E-state index in [1.807, 2.05) is 18.4 Å². The molecule has 0 radical (unpaired) electrons. The van der Waals surface area contributed by atoms with Crippen LogP contribution in [0.2, 0.25) is 0 Å². The van der Waals surface area contributed by atoms with Crippen LogP contribution in [0.1, 0.15) is 65.4 Å². The summed E-state index contributed by atoms with van der Waals surface area (Å²) in [6, 6.07) is 2.03. The molecular formula is C25H34O4. The molecule has 0 bridgehead atoms. The lowest BCUT2D eigenvalue weighted by atomic mass is 9.99. The predicted octanol–water partition coefficient (Wildman–Crippen LogP) is 6.82. The number of carbonyl (C=O) groups is 1. The van der Waals surface area contributed by atoms with Crippen LogP contribution in [0.4, 0.5) is 0 Å². The molecule has 1 aromatic heterocycles. The second-order valence-electron chi connectivity index (χ2n) is 8.16. The fraction of sp³-hybridized carbons (Fsp3) is 0.480. The zero-order chi connectivity index (χ0) is 21.2. The maximum atomic E-state index is 11.4. The van der Waals surface area contributed by atoms with Crippen LogP contribution < -0.4 is 0 Å². The highest BCUT2D eigenvalue weighted by Gasteiger charge is 2.26. The molecule has 2 unspecified atom stereocenters. The first-order valence-corrected chi connectivity index (χ1v) is 10.6. The van der Waals surface area contributed by atoms with Gasteiger partial charge in [-0.2, -0.15) is 0 Å². The summed E-state index contributed by atoms with van der Waals surface area (Å²) in [6.45, 7) is 8.07. The number of esters is 1. The van der Waals surface area contributed by atoms with Gasteiger partial charge in [-0.05, 0) is 81.9 Å². The third-order valence-electron chi connectivity index (χ3n) is 5.29. The molecule has 0 amide bonds. The summed E-state index contributed by atoms with van der Waals surface area (Å²) in [5.41, 5.74) is 2.91. The lowest BCUT2D eigenvalue weighted by Crippen LogP contribution is -1.97. The summed E-state index contributed by atoms with van der Waals surface area (Å²) in [5, 5.41) is 9.88. The van der Waals surface area contributed by atoms with E-state index in [-0.39, 0.29) is 17.3 Å². The molecule has 1 N–H and O–H groups in total. The number of furan rings is 1. The van der Waals surface area contributed by atoms with Gasteiger partial charge in [0.1, 0.15) is 0 Å². The van der Waals surface area contributed by atoms with Gasteiger partial charge in [-0.3, -0.25) is 0 Å². The van der Waals surface area contributed by atoms with Crippen molar-refractivity contribution in [2.24, 2.45) is 11.8 Å². The first kappa shape index (κ1) is 22.8. The Morgan fingerprint density at radius 3 is 2.62 bits per heavy atom. The van der Waals surface area contributed by atoms with Crippen LogP contribution in [0.3, 0.4) is 0 Å². The quantitative estimate of drug-likeness (QED) is 0.328. The molecule has 0 aromatic carbocycles. The molecule has 2 rings (SSSR count). The van der Waals surface area contributed by atoms with E-state index in [1.54, 1.807) is 13.2 Å². The Morgan fingerprint density at radius 2 is 1.97 bits per heavy atom. The highest BCUT2D eigenvalue weighted by atomic mass is 16.6. The molecule has 0 spiro atoms. The molecule has 4 heteroatoms. The van der Waals surface area contributed by atoms with Crippen LogP contribution in [0.15, 0.2) is 70.0 Å². The molecule has 29 heavy (non-hydrogen) atoms. The topological polar surface area (TPSA) is 59.7 Å². The van der Waals surface area contributed by atoms with Crippen LogP contribution >= 0.6 is 0 Å². The van der Waals surface area contributed by atoms with E-state index in [9.17, 15) is 9.90 Å². The van der Waals surface area contributed by atoms with Crippen LogP contribution in [0.5, 0.6) is 0 Å². The van der Waals surface area contributed by atoms with Crippen molar-refractivity contribution >= 4 is 5.97 Å². The van der Waals surface area contributed by atoms with E-state index < -0.39 is 5.97 Å². The smallest absolute Gasteiger partial charge is 0.343 e. The molecule has 4 nitrogen and oxygen atoms in total. The Morgan fingerprint density at radius 1 is 1.21 bits per heavy atom. The molecule has 0 fully saturated rings. The molecule has 1 aromatic rings. The van der Waals surface area contributed by atoms with Crippen molar-refractivity contribution in [3.63, 3.8) is 0 Å². The molecule has 2 atom stereocenters. The highest BCUT2D eigenvalue weighted by molar-refractivity contribution is 5.93. The maximum Gasteiger partial charge on any atom is 0.343 e. The van der Waals surface area contributed by atoms with Gasteiger partial charge < -0.3 is 14.3 Å². The Hall–Kier alpha value is -2.49. The van der Waals surface area contributed by atoms with Gasteiger partial charge in [-0.1, -0.05) is 37.6 Å². The summed E-state index contributed by atoms with van der Waals surface area (Å²) in [7, 11) is 0. The second-order valence-corrected chi connectivity index (χ2v) is 8.16. The van der Waals surface area contributed by atoms with E-state index in [1.165, 1.54) is 24.0 Å². The number of hydrogen-bond acceptors (Lipinski definition) is 4. The van der Waals surface area contributed by atoms with Crippen LogP contribution in [0, 0.1) is 11.8 Å². The van der Waals surface area contributed by atoms with Gasteiger partial charge in [-0.25, -0.2) is 4.79 Å². The number of carbonyl (C=O) groups excluding carboxylic acids is 1. The first-order valence-electron chi connectivity index (χ1n) is 10.6. The van der Waals surface area contributed by atoms with Crippen LogP contribution in [-0.4, -0.2) is 11.1 Å². The van der Waals surface area contributed by atoms with E-state index >= 15 is 0 Å². The Labute approximate surface area is 174 Å². The van der Waals surface area contributed by atoms with Crippen molar-refractivity contribution in [3.8, 4) is 0 Å². The average Bonchev–Trinajstić information content (AvgIpc) is 3.27. The standard InChI is InChI=1S/C25H34O4/c1-18(8-5-9-19(2)11-7-13-22-14-15-28-17-22)10-6-12-20(3)16-23-24(26)21(4)25(27)29-23/h5,8-9,14-17,19-20,26H,6-7,10-13H2,1-4H3. The Kier molecular flexibility index (Phi) is 9.04. The SMILES string of the molecule is CC(=CC=CC(C)CCCc1ccoc1)CCCC(C)C=C1OC(=O)C(C)=C1O. The zero-order valence-corrected chi connectivity index (χ0v) is 18.1.